The smallest absolute Gasteiger partial charge is 0.251 e. The highest BCUT2D eigenvalue weighted by Crippen LogP contribution is 2.36. The molecule has 0 spiro atoms. The van der Waals surface area contributed by atoms with Gasteiger partial charge in [0.1, 0.15) is 5.60 Å². The van der Waals surface area contributed by atoms with Crippen LogP contribution in [0.5, 0.6) is 0 Å². The van der Waals surface area contributed by atoms with Crippen molar-refractivity contribution < 1.29 is 9.90 Å². The molecule has 21 heavy (non-hydrogen) atoms. The molecule has 1 atom stereocenters. The van der Waals surface area contributed by atoms with E-state index >= 15 is 0 Å². The molecule has 0 bridgehead atoms. The Balaban J connectivity index is 1.72. The number of nitrogens with one attached hydrogen (secondary N) is 1. The number of fused-ring (bicyclic) bond motifs is 1. The SMILES string of the molecule is Cc1cccc(C(=O)NCC2(O)CCc3ccccc32)c1. The van der Waals surface area contributed by atoms with Crippen LogP contribution in [0.1, 0.15) is 33.5 Å². The number of aliphatic hydroxyl groups is 1. The first-order chi connectivity index (χ1) is 10.1. The molecule has 3 rings (SSSR count). The standard InChI is InChI=1S/C18H19NO2/c1-13-5-4-7-15(11-13)17(20)19-12-18(21)10-9-14-6-2-3-8-16(14)18/h2-8,11,21H,9-10,12H2,1H3,(H,19,20). The molecule has 2 N–H and O–H groups in total. The summed E-state index contributed by atoms with van der Waals surface area (Å²) in [5.41, 5.74) is 2.84. The number of rotatable bonds is 3. The fraction of sp³-hybridized carbons (Fsp3) is 0.278. The van der Waals surface area contributed by atoms with Gasteiger partial charge in [0.2, 0.25) is 0 Å². The maximum atomic E-state index is 12.2. The van der Waals surface area contributed by atoms with Crippen LogP contribution in [0, 0.1) is 6.92 Å². The highest BCUT2D eigenvalue weighted by Gasteiger charge is 2.36. The van der Waals surface area contributed by atoms with Crippen molar-refractivity contribution in [3.63, 3.8) is 0 Å². The maximum absolute atomic E-state index is 12.2. The predicted octanol–water partition coefficient (Wildman–Crippen LogP) is 2.56. The molecule has 3 nitrogen and oxygen atoms in total. The minimum absolute atomic E-state index is 0.142. The molecule has 108 valence electrons. The summed E-state index contributed by atoms with van der Waals surface area (Å²) in [5.74, 6) is -0.142. The average molecular weight is 281 g/mol. The summed E-state index contributed by atoms with van der Waals surface area (Å²) in [6, 6.07) is 15.3. The fourth-order valence-corrected chi connectivity index (χ4v) is 2.97. The second kappa shape index (κ2) is 5.34. The Kier molecular flexibility index (Phi) is 3.52. The van der Waals surface area contributed by atoms with E-state index in [2.05, 4.69) is 5.32 Å². The molecule has 3 heteroatoms. The lowest BCUT2D eigenvalue weighted by Crippen LogP contribution is -2.39. The lowest BCUT2D eigenvalue weighted by atomic mass is 9.96. The topological polar surface area (TPSA) is 49.3 Å². The van der Waals surface area contributed by atoms with Crippen molar-refractivity contribution in [3.8, 4) is 0 Å². The Morgan fingerprint density at radius 3 is 2.86 bits per heavy atom. The van der Waals surface area contributed by atoms with E-state index in [-0.39, 0.29) is 12.5 Å². The van der Waals surface area contributed by atoms with Gasteiger partial charge in [-0.2, -0.15) is 0 Å². The molecule has 2 aromatic rings. The van der Waals surface area contributed by atoms with E-state index in [1.54, 1.807) is 6.07 Å². The van der Waals surface area contributed by atoms with Gasteiger partial charge in [0.25, 0.3) is 5.91 Å². The van der Waals surface area contributed by atoms with E-state index in [0.717, 1.165) is 17.5 Å². The molecule has 0 saturated heterocycles. The van der Waals surface area contributed by atoms with E-state index < -0.39 is 5.60 Å². The van der Waals surface area contributed by atoms with E-state index in [4.69, 9.17) is 0 Å². The van der Waals surface area contributed by atoms with Crippen molar-refractivity contribution in [1.82, 2.24) is 5.32 Å². The summed E-state index contributed by atoms with van der Waals surface area (Å²) in [6.45, 7) is 2.20. The van der Waals surface area contributed by atoms with Crippen molar-refractivity contribution >= 4 is 5.91 Å². The first-order valence-corrected chi connectivity index (χ1v) is 7.24. The zero-order valence-electron chi connectivity index (χ0n) is 12.1. The number of hydrogen-bond acceptors (Lipinski definition) is 2. The third kappa shape index (κ3) is 2.69. The number of carbonyl (C=O) groups excluding carboxylic acids is 1. The summed E-state index contributed by atoms with van der Waals surface area (Å²) in [7, 11) is 0. The quantitative estimate of drug-likeness (QED) is 0.908. The average Bonchev–Trinajstić information content (AvgIpc) is 2.83. The highest BCUT2D eigenvalue weighted by molar-refractivity contribution is 5.94. The zero-order chi connectivity index (χ0) is 14.9. The molecule has 0 heterocycles. The molecule has 1 aliphatic carbocycles. The summed E-state index contributed by atoms with van der Waals surface area (Å²) in [4.78, 5) is 12.2. The summed E-state index contributed by atoms with van der Waals surface area (Å²) in [6.07, 6.45) is 1.51. The van der Waals surface area contributed by atoms with Gasteiger partial charge in [-0.25, -0.2) is 0 Å². The summed E-state index contributed by atoms with van der Waals surface area (Å²) in [5, 5.41) is 13.6. The fourth-order valence-electron chi connectivity index (χ4n) is 2.97. The van der Waals surface area contributed by atoms with Crippen LogP contribution in [0.15, 0.2) is 48.5 Å². The number of benzene rings is 2. The lowest BCUT2D eigenvalue weighted by Gasteiger charge is -2.24. The molecule has 0 aromatic heterocycles. The first kappa shape index (κ1) is 13.8. The number of amides is 1. The number of hydrogen-bond donors (Lipinski definition) is 2. The van der Waals surface area contributed by atoms with Gasteiger partial charge in [-0.05, 0) is 43.0 Å². The minimum Gasteiger partial charge on any atom is -0.383 e. The van der Waals surface area contributed by atoms with Gasteiger partial charge in [-0.3, -0.25) is 4.79 Å². The van der Waals surface area contributed by atoms with Crippen LogP contribution in [0.25, 0.3) is 0 Å². The molecule has 1 amide bonds. The van der Waals surface area contributed by atoms with Gasteiger partial charge in [0.05, 0.1) is 6.54 Å². The number of aryl methyl sites for hydroxylation is 2. The normalized spacial score (nSPS) is 20.1. The largest absolute Gasteiger partial charge is 0.383 e. The predicted molar refractivity (Wildman–Crippen MR) is 82.2 cm³/mol. The molecule has 0 aliphatic heterocycles. The third-order valence-electron chi connectivity index (χ3n) is 4.15. The monoisotopic (exact) mass is 281 g/mol. The van der Waals surface area contributed by atoms with Crippen LogP contribution >= 0.6 is 0 Å². The summed E-state index contributed by atoms with van der Waals surface area (Å²) < 4.78 is 0. The van der Waals surface area contributed by atoms with E-state index in [9.17, 15) is 9.90 Å². The molecule has 0 fully saturated rings. The van der Waals surface area contributed by atoms with Crippen LogP contribution in [0.4, 0.5) is 0 Å². The van der Waals surface area contributed by atoms with Gasteiger partial charge in [-0.15, -0.1) is 0 Å². The molecule has 0 radical (unpaired) electrons. The van der Waals surface area contributed by atoms with Gasteiger partial charge >= 0.3 is 0 Å². The van der Waals surface area contributed by atoms with E-state index in [0.29, 0.717) is 12.0 Å². The lowest BCUT2D eigenvalue weighted by molar-refractivity contribution is 0.0369. The Labute approximate surface area is 124 Å². The molecule has 0 saturated carbocycles. The highest BCUT2D eigenvalue weighted by atomic mass is 16.3. The first-order valence-electron chi connectivity index (χ1n) is 7.24. The third-order valence-corrected chi connectivity index (χ3v) is 4.15. The van der Waals surface area contributed by atoms with Crippen LogP contribution in [0.3, 0.4) is 0 Å². The van der Waals surface area contributed by atoms with Crippen molar-refractivity contribution in [2.24, 2.45) is 0 Å². The molecule has 2 aromatic carbocycles. The Hall–Kier alpha value is -2.13. The molecule has 1 aliphatic rings. The van der Waals surface area contributed by atoms with Crippen LogP contribution in [-0.4, -0.2) is 17.6 Å². The Morgan fingerprint density at radius 2 is 2.05 bits per heavy atom. The van der Waals surface area contributed by atoms with Crippen molar-refractivity contribution in [1.29, 1.82) is 0 Å². The Morgan fingerprint density at radius 1 is 1.24 bits per heavy atom. The van der Waals surface area contributed by atoms with Crippen LogP contribution < -0.4 is 5.32 Å². The van der Waals surface area contributed by atoms with Crippen molar-refractivity contribution in [2.75, 3.05) is 6.54 Å². The minimum atomic E-state index is -0.948. The van der Waals surface area contributed by atoms with E-state index in [1.807, 2.05) is 49.4 Å². The van der Waals surface area contributed by atoms with Gasteiger partial charge < -0.3 is 10.4 Å². The molecular weight excluding hydrogens is 262 g/mol. The maximum Gasteiger partial charge on any atom is 0.251 e. The van der Waals surface area contributed by atoms with Crippen LogP contribution in [-0.2, 0) is 12.0 Å². The van der Waals surface area contributed by atoms with Gasteiger partial charge in [0, 0.05) is 5.56 Å². The van der Waals surface area contributed by atoms with Crippen molar-refractivity contribution in [2.45, 2.75) is 25.4 Å². The zero-order valence-corrected chi connectivity index (χ0v) is 12.1. The van der Waals surface area contributed by atoms with Gasteiger partial charge in [-0.1, -0.05) is 42.0 Å². The number of carbonyl (C=O) groups is 1. The van der Waals surface area contributed by atoms with Crippen molar-refractivity contribution in [3.05, 3.63) is 70.8 Å². The molecular formula is C18H19NO2. The Bertz CT molecular complexity index is 680. The van der Waals surface area contributed by atoms with Gasteiger partial charge in [0.15, 0.2) is 0 Å². The van der Waals surface area contributed by atoms with Crippen LogP contribution in [0.2, 0.25) is 0 Å². The molecule has 1 unspecified atom stereocenters. The van der Waals surface area contributed by atoms with E-state index in [1.165, 1.54) is 5.56 Å². The summed E-state index contributed by atoms with van der Waals surface area (Å²) >= 11 is 0. The second-order valence-electron chi connectivity index (χ2n) is 5.74. The second-order valence-corrected chi connectivity index (χ2v) is 5.74.